The molecule has 24 heavy (non-hydrogen) atoms. The number of halogens is 2. The standard InChI is InChI=1S/C17H12Cl2N2O3/c1-10-2-5-15-20-12(7-16(22)21(15)8-10)9-24-17(23)13-6-11(18)3-4-14(13)19/h2-8H,9H2,1H3. The number of carbonyl (C=O) groups is 1. The zero-order chi connectivity index (χ0) is 17.3. The Morgan fingerprint density at radius 3 is 2.79 bits per heavy atom. The molecule has 0 amide bonds. The normalized spacial score (nSPS) is 10.8. The van der Waals surface area contributed by atoms with Gasteiger partial charge in [0.25, 0.3) is 5.56 Å². The summed E-state index contributed by atoms with van der Waals surface area (Å²) in [5.41, 5.74) is 1.71. The number of benzene rings is 1. The van der Waals surface area contributed by atoms with Gasteiger partial charge in [0, 0.05) is 17.3 Å². The Kier molecular flexibility index (Phi) is 4.55. The van der Waals surface area contributed by atoms with E-state index in [0.29, 0.717) is 16.4 Å². The first-order chi connectivity index (χ1) is 11.4. The number of pyridine rings is 1. The molecule has 0 aliphatic carbocycles. The van der Waals surface area contributed by atoms with Gasteiger partial charge in [-0.25, -0.2) is 9.78 Å². The van der Waals surface area contributed by atoms with Crippen LogP contribution in [0.25, 0.3) is 5.65 Å². The van der Waals surface area contributed by atoms with Crippen molar-refractivity contribution >= 4 is 34.8 Å². The van der Waals surface area contributed by atoms with Crippen molar-refractivity contribution < 1.29 is 9.53 Å². The van der Waals surface area contributed by atoms with E-state index < -0.39 is 5.97 Å². The summed E-state index contributed by atoms with van der Waals surface area (Å²) < 4.78 is 6.62. The summed E-state index contributed by atoms with van der Waals surface area (Å²) >= 11 is 11.8. The van der Waals surface area contributed by atoms with Gasteiger partial charge in [0.05, 0.1) is 16.3 Å². The summed E-state index contributed by atoms with van der Waals surface area (Å²) in [6.45, 7) is 1.75. The largest absolute Gasteiger partial charge is 0.456 e. The molecule has 2 aromatic heterocycles. The molecule has 0 radical (unpaired) electrons. The lowest BCUT2D eigenvalue weighted by Crippen LogP contribution is -2.17. The van der Waals surface area contributed by atoms with Crippen molar-refractivity contribution in [3.63, 3.8) is 0 Å². The van der Waals surface area contributed by atoms with Crippen LogP contribution >= 0.6 is 23.2 Å². The fourth-order valence-corrected chi connectivity index (χ4v) is 2.57. The Morgan fingerprint density at radius 2 is 2.00 bits per heavy atom. The maximum Gasteiger partial charge on any atom is 0.340 e. The zero-order valence-electron chi connectivity index (χ0n) is 12.6. The van der Waals surface area contributed by atoms with Crippen LogP contribution in [-0.4, -0.2) is 15.4 Å². The molecule has 0 atom stereocenters. The second-order valence-electron chi connectivity index (χ2n) is 5.22. The summed E-state index contributed by atoms with van der Waals surface area (Å²) in [4.78, 5) is 28.5. The van der Waals surface area contributed by atoms with Crippen LogP contribution in [0.4, 0.5) is 0 Å². The van der Waals surface area contributed by atoms with Crippen molar-refractivity contribution in [3.05, 3.63) is 79.8 Å². The van der Waals surface area contributed by atoms with Crippen LogP contribution in [0, 0.1) is 6.92 Å². The third kappa shape index (κ3) is 3.42. The van der Waals surface area contributed by atoms with Crippen molar-refractivity contribution in [1.29, 1.82) is 0 Å². The molecule has 0 spiro atoms. The molecule has 0 saturated heterocycles. The molecular weight excluding hydrogens is 351 g/mol. The van der Waals surface area contributed by atoms with E-state index in [-0.39, 0.29) is 22.8 Å². The number of aryl methyl sites for hydroxylation is 1. The Balaban J connectivity index is 1.83. The molecule has 1 aromatic carbocycles. The van der Waals surface area contributed by atoms with Gasteiger partial charge < -0.3 is 4.74 Å². The van der Waals surface area contributed by atoms with Crippen LogP contribution in [0.5, 0.6) is 0 Å². The van der Waals surface area contributed by atoms with Crippen LogP contribution in [0.3, 0.4) is 0 Å². The first-order valence-corrected chi connectivity index (χ1v) is 7.81. The Labute approximate surface area is 147 Å². The Hall–Kier alpha value is -2.37. The minimum Gasteiger partial charge on any atom is -0.456 e. The minimum absolute atomic E-state index is 0.138. The van der Waals surface area contributed by atoms with Crippen molar-refractivity contribution in [2.24, 2.45) is 0 Å². The third-order valence-electron chi connectivity index (χ3n) is 3.36. The summed E-state index contributed by atoms with van der Waals surface area (Å²) in [7, 11) is 0. The van der Waals surface area contributed by atoms with Gasteiger partial charge in [0.15, 0.2) is 0 Å². The second-order valence-corrected chi connectivity index (χ2v) is 6.06. The highest BCUT2D eigenvalue weighted by molar-refractivity contribution is 6.35. The average molecular weight is 363 g/mol. The molecule has 2 heterocycles. The van der Waals surface area contributed by atoms with E-state index in [2.05, 4.69) is 4.98 Å². The quantitative estimate of drug-likeness (QED) is 0.667. The number of carbonyl (C=O) groups excluding carboxylic acids is 1. The molecule has 3 rings (SSSR count). The molecule has 3 aromatic rings. The number of hydrogen-bond acceptors (Lipinski definition) is 4. The Morgan fingerprint density at radius 1 is 1.21 bits per heavy atom. The first-order valence-electron chi connectivity index (χ1n) is 7.05. The summed E-state index contributed by atoms with van der Waals surface area (Å²) in [6, 6.07) is 9.44. The van der Waals surface area contributed by atoms with Crippen molar-refractivity contribution in [2.45, 2.75) is 13.5 Å². The number of hydrogen-bond donors (Lipinski definition) is 0. The van der Waals surface area contributed by atoms with Gasteiger partial charge in [-0.05, 0) is 36.8 Å². The third-order valence-corrected chi connectivity index (χ3v) is 3.92. The summed E-state index contributed by atoms with van der Waals surface area (Å²) in [5.74, 6) is -0.631. The molecule has 0 saturated carbocycles. The smallest absolute Gasteiger partial charge is 0.340 e. The maximum absolute atomic E-state index is 12.1. The van der Waals surface area contributed by atoms with E-state index in [1.54, 1.807) is 18.3 Å². The van der Waals surface area contributed by atoms with Gasteiger partial charge >= 0.3 is 5.97 Å². The average Bonchev–Trinajstić information content (AvgIpc) is 2.55. The van der Waals surface area contributed by atoms with Crippen LogP contribution in [0.1, 0.15) is 21.6 Å². The maximum atomic E-state index is 12.1. The number of rotatable bonds is 3. The van der Waals surface area contributed by atoms with Gasteiger partial charge in [0.2, 0.25) is 0 Å². The highest BCUT2D eigenvalue weighted by Crippen LogP contribution is 2.21. The van der Waals surface area contributed by atoms with Gasteiger partial charge in [-0.3, -0.25) is 9.20 Å². The first kappa shape index (κ1) is 16.5. The SMILES string of the molecule is Cc1ccc2nc(COC(=O)c3cc(Cl)ccc3Cl)cc(=O)n2c1. The second kappa shape index (κ2) is 6.63. The molecule has 5 nitrogen and oxygen atoms in total. The van der Waals surface area contributed by atoms with E-state index in [0.717, 1.165) is 5.56 Å². The molecule has 122 valence electrons. The number of aromatic nitrogens is 2. The summed E-state index contributed by atoms with van der Waals surface area (Å²) in [6.07, 6.45) is 1.70. The van der Waals surface area contributed by atoms with Crippen LogP contribution in [-0.2, 0) is 11.3 Å². The predicted octanol–water partition coefficient (Wildman–Crippen LogP) is 3.67. The van der Waals surface area contributed by atoms with Gasteiger partial charge in [0.1, 0.15) is 12.3 Å². The van der Waals surface area contributed by atoms with E-state index >= 15 is 0 Å². The van der Waals surface area contributed by atoms with E-state index in [9.17, 15) is 9.59 Å². The minimum atomic E-state index is -0.631. The molecule has 0 N–H and O–H groups in total. The lowest BCUT2D eigenvalue weighted by atomic mass is 10.2. The summed E-state index contributed by atoms with van der Waals surface area (Å²) in [5, 5.41) is 0.621. The van der Waals surface area contributed by atoms with Gasteiger partial charge in [-0.1, -0.05) is 29.3 Å². The fraction of sp³-hybridized carbons (Fsp3) is 0.118. The predicted molar refractivity (Wildman–Crippen MR) is 91.8 cm³/mol. The number of nitrogens with zero attached hydrogens (tertiary/aromatic N) is 2. The molecular formula is C17H12Cl2N2O3. The molecule has 0 aliphatic rings. The molecule has 0 bridgehead atoms. The fourth-order valence-electron chi connectivity index (χ4n) is 2.20. The van der Waals surface area contributed by atoms with E-state index in [1.807, 2.05) is 13.0 Å². The van der Waals surface area contributed by atoms with Gasteiger partial charge in [-0.2, -0.15) is 0 Å². The number of ether oxygens (including phenoxy) is 1. The van der Waals surface area contributed by atoms with Crippen molar-refractivity contribution in [2.75, 3.05) is 0 Å². The highest BCUT2D eigenvalue weighted by Gasteiger charge is 2.13. The number of esters is 1. The molecule has 0 fully saturated rings. The Bertz CT molecular complexity index is 999. The molecule has 0 aliphatic heterocycles. The number of fused-ring (bicyclic) bond motifs is 1. The van der Waals surface area contributed by atoms with Crippen molar-refractivity contribution in [1.82, 2.24) is 9.38 Å². The van der Waals surface area contributed by atoms with E-state index in [4.69, 9.17) is 27.9 Å². The van der Waals surface area contributed by atoms with Gasteiger partial charge in [-0.15, -0.1) is 0 Å². The molecule has 0 unspecified atom stereocenters. The monoisotopic (exact) mass is 362 g/mol. The van der Waals surface area contributed by atoms with E-state index in [1.165, 1.54) is 22.6 Å². The van der Waals surface area contributed by atoms with Crippen LogP contribution < -0.4 is 5.56 Å². The molecule has 7 heteroatoms. The lowest BCUT2D eigenvalue weighted by Gasteiger charge is -2.08. The lowest BCUT2D eigenvalue weighted by molar-refractivity contribution is 0.0468. The van der Waals surface area contributed by atoms with Crippen LogP contribution in [0.15, 0.2) is 47.4 Å². The zero-order valence-corrected chi connectivity index (χ0v) is 14.1. The van der Waals surface area contributed by atoms with Crippen LogP contribution in [0.2, 0.25) is 10.0 Å². The highest BCUT2D eigenvalue weighted by atomic mass is 35.5. The topological polar surface area (TPSA) is 60.7 Å². The van der Waals surface area contributed by atoms with Crippen molar-refractivity contribution in [3.8, 4) is 0 Å².